The molecule has 0 aliphatic heterocycles. The Kier molecular flexibility index (Phi) is 7.78. The van der Waals surface area contributed by atoms with Crippen LogP contribution >= 0.6 is 0 Å². The number of rotatable bonds is 8. The van der Waals surface area contributed by atoms with E-state index < -0.39 is 0 Å². The molecule has 0 fully saturated rings. The second kappa shape index (κ2) is 9.58. The molecule has 0 saturated heterocycles. The summed E-state index contributed by atoms with van der Waals surface area (Å²) in [6, 6.07) is 8.38. The van der Waals surface area contributed by atoms with E-state index >= 15 is 0 Å². The zero-order valence-corrected chi connectivity index (χ0v) is 11.6. The fraction of sp³-hybridized carbons (Fsp3) is 0.500. The molecule has 98 valence electrons. The van der Waals surface area contributed by atoms with Gasteiger partial charge in [-0.05, 0) is 24.0 Å². The standard InChI is InChI=1S/C16H24N2/c1-3-5-11-17-13-15-7-9-16(10-8-15)14-18-12-6-4-2/h7-10,13-14H,3-6,11-12H2,1-2H3. The van der Waals surface area contributed by atoms with E-state index in [0.717, 1.165) is 24.2 Å². The third kappa shape index (κ3) is 6.33. The van der Waals surface area contributed by atoms with E-state index in [0.29, 0.717) is 0 Å². The summed E-state index contributed by atoms with van der Waals surface area (Å²) in [5.41, 5.74) is 2.33. The Labute approximate surface area is 111 Å². The molecule has 0 atom stereocenters. The fourth-order valence-electron chi connectivity index (χ4n) is 1.51. The molecule has 0 amide bonds. The van der Waals surface area contributed by atoms with Gasteiger partial charge < -0.3 is 0 Å². The molecule has 0 N–H and O–H groups in total. The Morgan fingerprint density at radius 1 is 0.778 bits per heavy atom. The van der Waals surface area contributed by atoms with E-state index in [1.54, 1.807) is 0 Å². The van der Waals surface area contributed by atoms with Gasteiger partial charge in [0.05, 0.1) is 0 Å². The second-order valence-electron chi connectivity index (χ2n) is 4.44. The molecule has 0 saturated carbocycles. The summed E-state index contributed by atoms with van der Waals surface area (Å²) in [6.07, 6.45) is 8.63. The van der Waals surface area contributed by atoms with Gasteiger partial charge in [0.1, 0.15) is 0 Å². The summed E-state index contributed by atoms with van der Waals surface area (Å²) in [5, 5.41) is 0. The summed E-state index contributed by atoms with van der Waals surface area (Å²) < 4.78 is 0. The second-order valence-corrected chi connectivity index (χ2v) is 4.44. The van der Waals surface area contributed by atoms with E-state index in [4.69, 9.17) is 0 Å². The van der Waals surface area contributed by atoms with Gasteiger partial charge in [-0.25, -0.2) is 0 Å². The first-order valence-electron chi connectivity index (χ1n) is 6.96. The average molecular weight is 244 g/mol. The number of hydrogen-bond donors (Lipinski definition) is 0. The Morgan fingerprint density at radius 3 is 1.50 bits per heavy atom. The van der Waals surface area contributed by atoms with E-state index in [2.05, 4.69) is 48.1 Å². The van der Waals surface area contributed by atoms with Crippen molar-refractivity contribution >= 4 is 12.4 Å². The van der Waals surface area contributed by atoms with Crippen LogP contribution in [-0.2, 0) is 0 Å². The molecule has 2 heteroatoms. The van der Waals surface area contributed by atoms with Gasteiger partial charge in [-0.2, -0.15) is 0 Å². The number of benzene rings is 1. The largest absolute Gasteiger partial charge is 0.293 e. The lowest BCUT2D eigenvalue weighted by Gasteiger charge is -1.96. The Hall–Kier alpha value is -1.44. The van der Waals surface area contributed by atoms with Crippen LogP contribution in [0.1, 0.15) is 50.7 Å². The highest BCUT2D eigenvalue weighted by atomic mass is 14.7. The number of unbranched alkanes of at least 4 members (excludes halogenated alkanes) is 2. The molecule has 0 aliphatic rings. The first-order chi connectivity index (χ1) is 8.86. The van der Waals surface area contributed by atoms with Crippen molar-refractivity contribution in [2.45, 2.75) is 39.5 Å². The van der Waals surface area contributed by atoms with Gasteiger partial charge in [0.15, 0.2) is 0 Å². The van der Waals surface area contributed by atoms with E-state index in [9.17, 15) is 0 Å². The van der Waals surface area contributed by atoms with Gasteiger partial charge in [-0.3, -0.25) is 9.98 Å². The Balaban J connectivity index is 2.42. The normalized spacial score (nSPS) is 11.7. The molecule has 1 aromatic carbocycles. The highest BCUT2D eigenvalue weighted by Crippen LogP contribution is 2.01. The lowest BCUT2D eigenvalue weighted by Crippen LogP contribution is -1.87. The molecule has 0 bridgehead atoms. The van der Waals surface area contributed by atoms with Gasteiger partial charge in [-0.15, -0.1) is 0 Å². The van der Waals surface area contributed by atoms with Crippen molar-refractivity contribution in [3.05, 3.63) is 35.4 Å². The van der Waals surface area contributed by atoms with Crippen molar-refractivity contribution in [3.63, 3.8) is 0 Å². The van der Waals surface area contributed by atoms with E-state index in [1.807, 2.05) is 12.4 Å². The van der Waals surface area contributed by atoms with Gasteiger partial charge in [0.25, 0.3) is 0 Å². The maximum Gasteiger partial charge on any atom is 0.0389 e. The Morgan fingerprint density at radius 2 is 1.17 bits per heavy atom. The first-order valence-corrected chi connectivity index (χ1v) is 6.96. The summed E-state index contributed by atoms with van der Waals surface area (Å²) in [6.45, 7) is 6.22. The predicted molar refractivity (Wildman–Crippen MR) is 81.2 cm³/mol. The SMILES string of the molecule is CCCCN=Cc1ccc(C=NCCCC)cc1. The average Bonchev–Trinajstić information content (AvgIpc) is 2.41. The van der Waals surface area contributed by atoms with Crippen molar-refractivity contribution < 1.29 is 0 Å². The van der Waals surface area contributed by atoms with Gasteiger partial charge in [-0.1, -0.05) is 51.0 Å². The maximum atomic E-state index is 4.39. The fourth-order valence-corrected chi connectivity index (χ4v) is 1.51. The molecular formula is C16H24N2. The molecule has 0 aromatic heterocycles. The maximum absolute atomic E-state index is 4.39. The van der Waals surface area contributed by atoms with Crippen LogP contribution in [0.5, 0.6) is 0 Å². The topological polar surface area (TPSA) is 24.7 Å². The van der Waals surface area contributed by atoms with Crippen molar-refractivity contribution in [1.82, 2.24) is 0 Å². The van der Waals surface area contributed by atoms with Gasteiger partial charge in [0, 0.05) is 25.5 Å². The number of hydrogen-bond acceptors (Lipinski definition) is 2. The van der Waals surface area contributed by atoms with Crippen molar-refractivity contribution in [3.8, 4) is 0 Å². The first kappa shape index (κ1) is 14.6. The third-order valence-electron chi connectivity index (χ3n) is 2.70. The van der Waals surface area contributed by atoms with Crippen LogP contribution in [-0.4, -0.2) is 25.5 Å². The minimum Gasteiger partial charge on any atom is -0.293 e. The van der Waals surface area contributed by atoms with Crippen LogP contribution in [0.2, 0.25) is 0 Å². The molecule has 1 rings (SSSR count). The molecule has 0 aliphatic carbocycles. The van der Waals surface area contributed by atoms with Crippen molar-refractivity contribution in [2.75, 3.05) is 13.1 Å². The van der Waals surface area contributed by atoms with Crippen molar-refractivity contribution in [1.29, 1.82) is 0 Å². The molecular weight excluding hydrogens is 220 g/mol. The molecule has 0 heterocycles. The molecule has 2 nitrogen and oxygen atoms in total. The zero-order valence-electron chi connectivity index (χ0n) is 11.6. The van der Waals surface area contributed by atoms with Crippen LogP contribution in [0.15, 0.2) is 34.3 Å². The van der Waals surface area contributed by atoms with Crippen molar-refractivity contribution in [2.24, 2.45) is 9.98 Å². The molecule has 0 spiro atoms. The lowest BCUT2D eigenvalue weighted by molar-refractivity contribution is 0.810. The third-order valence-corrected chi connectivity index (χ3v) is 2.70. The number of nitrogens with zero attached hydrogens (tertiary/aromatic N) is 2. The van der Waals surface area contributed by atoms with Crippen LogP contribution in [0.25, 0.3) is 0 Å². The van der Waals surface area contributed by atoms with Crippen LogP contribution < -0.4 is 0 Å². The molecule has 0 unspecified atom stereocenters. The van der Waals surface area contributed by atoms with E-state index in [-0.39, 0.29) is 0 Å². The van der Waals surface area contributed by atoms with Gasteiger partial charge in [0.2, 0.25) is 0 Å². The van der Waals surface area contributed by atoms with Crippen LogP contribution in [0.4, 0.5) is 0 Å². The molecule has 1 aromatic rings. The predicted octanol–water partition coefficient (Wildman–Crippen LogP) is 4.12. The highest BCUT2D eigenvalue weighted by Gasteiger charge is 1.89. The lowest BCUT2D eigenvalue weighted by atomic mass is 10.1. The van der Waals surface area contributed by atoms with Crippen LogP contribution in [0.3, 0.4) is 0 Å². The smallest absolute Gasteiger partial charge is 0.0389 e. The minimum absolute atomic E-state index is 0.927. The molecule has 18 heavy (non-hydrogen) atoms. The zero-order chi connectivity index (χ0) is 13.1. The van der Waals surface area contributed by atoms with Crippen LogP contribution in [0, 0.1) is 0 Å². The minimum atomic E-state index is 0.927. The summed E-state index contributed by atoms with van der Waals surface area (Å²) in [7, 11) is 0. The molecule has 0 radical (unpaired) electrons. The highest BCUT2D eigenvalue weighted by molar-refractivity contribution is 5.84. The monoisotopic (exact) mass is 244 g/mol. The number of aliphatic imine (C=N–C) groups is 2. The van der Waals surface area contributed by atoms with Gasteiger partial charge >= 0.3 is 0 Å². The summed E-state index contributed by atoms with van der Waals surface area (Å²) in [5.74, 6) is 0. The Bertz CT molecular complexity index is 326. The summed E-state index contributed by atoms with van der Waals surface area (Å²) in [4.78, 5) is 8.78. The van der Waals surface area contributed by atoms with E-state index in [1.165, 1.54) is 25.7 Å². The summed E-state index contributed by atoms with van der Waals surface area (Å²) >= 11 is 0. The quantitative estimate of drug-likeness (QED) is 0.485.